The number of hydrogen-bond acceptors (Lipinski definition) is 6. The Bertz CT molecular complexity index is 1000. The summed E-state index contributed by atoms with van der Waals surface area (Å²) in [6.07, 6.45) is 0. The zero-order valence-electron chi connectivity index (χ0n) is 18.2. The van der Waals surface area contributed by atoms with Crippen LogP contribution in [0.15, 0.2) is 58.2 Å². The number of hydrogen-bond donors (Lipinski definition) is 0. The number of halogens is 1. The smallest absolute Gasteiger partial charge is 0.277 e. The first-order valence-electron chi connectivity index (χ1n) is 10.3. The van der Waals surface area contributed by atoms with Crippen molar-refractivity contribution in [3.63, 3.8) is 0 Å². The van der Waals surface area contributed by atoms with Crippen LogP contribution in [0.3, 0.4) is 0 Å². The molecule has 164 valence electrons. The third kappa shape index (κ3) is 5.85. The van der Waals surface area contributed by atoms with E-state index < -0.39 is 5.25 Å². The van der Waals surface area contributed by atoms with Gasteiger partial charge in [0.25, 0.3) is 5.22 Å². The van der Waals surface area contributed by atoms with Crippen molar-refractivity contribution in [1.29, 1.82) is 0 Å². The minimum Gasteiger partial charge on any atom is -0.411 e. The summed E-state index contributed by atoms with van der Waals surface area (Å²) in [6.45, 7) is 8.24. The van der Waals surface area contributed by atoms with Gasteiger partial charge in [-0.25, -0.2) is 4.39 Å². The van der Waals surface area contributed by atoms with Crippen molar-refractivity contribution < 1.29 is 13.6 Å². The Kier molecular flexibility index (Phi) is 7.68. The Balaban J connectivity index is 1.61. The Morgan fingerprint density at radius 3 is 2.48 bits per heavy atom. The van der Waals surface area contributed by atoms with E-state index in [0.717, 1.165) is 29.9 Å². The number of carbonyl (C=O) groups excluding carboxylic acids is 1. The lowest BCUT2D eigenvalue weighted by Crippen LogP contribution is -2.32. The molecule has 0 radical (unpaired) electrons. The number of benzene rings is 2. The number of anilines is 1. The van der Waals surface area contributed by atoms with Crippen LogP contribution in [0.4, 0.5) is 10.1 Å². The van der Waals surface area contributed by atoms with Gasteiger partial charge in [-0.2, -0.15) is 0 Å². The van der Waals surface area contributed by atoms with Crippen LogP contribution in [0, 0.1) is 5.82 Å². The van der Waals surface area contributed by atoms with Gasteiger partial charge in [0.1, 0.15) is 5.82 Å². The largest absolute Gasteiger partial charge is 0.411 e. The molecule has 0 bridgehead atoms. The molecular weight excluding hydrogens is 415 g/mol. The molecule has 8 heteroatoms. The quantitative estimate of drug-likeness (QED) is 0.441. The van der Waals surface area contributed by atoms with Gasteiger partial charge in [-0.15, -0.1) is 10.2 Å². The molecule has 0 aliphatic rings. The number of thioether (sulfide) groups is 1. The second-order valence-corrected chi connectivity index (χ2v) is 8.47. The van der Waals surface area contributed by atoms with Gasteiger partial charge in [-0.1, -0.05) is 23.9 Å². The highest BCUT2D eigenvalue weighted by molar-refractivity contribution is 8.00. The van der Waals surface area contributed by atoms with Gasteiger partial charge in [-0.05, 0) is 62.7 Å². The zero-order chi connectivity index (χ0) is 22.4. The lowest BCUT2D eigenvalue weighted by atomic mass is 10.2. The van der Waals surface area contributed by atoms with E-state index in [-0.39, 0.29) is 11.7 Å². The summed E-state index contributed by atoms with van der Waals surface area (Å²) in [5.41, 5.74) is 2.71. The Labute approximate surface area is 186 Å². The van der Waals surface area contributed by atoms with Gasteiger partial charge in [0, 0.05) is 37.9 Å². The van der Waals surface area contributed by atoms with Crippen molar-refractivity contribution in [3.05, 3.63) is 59.9 Å². The standard InChI is InChI=1S/C23H27FN4O2S/c1-5-28(6-2)20-12-10-18(11-13-20)21-25-26-23(30-21)31-16(3)22(29)27(4)15-17-8-7-9-19(24)14-17/h7-14,16H,5-6,15H2,1-4H3. The van der Waals surface area contributed by atoms with Crippen molar-refractivity contribution >= 4 is 23.4 Å². The topological polar surface area (TPSA) is 62.5 Å². The van der Waals surface area contributed by atoms with Crippen LogP contribution in [-0.4, -0.2) is 46.4 Å². The van der Waals surface area contributed by atoms with Crippen LogP contribution in [0.1, 0.15) is 26.3 Å². The van der Waals surface area contributed by atoms with E-state index in [1.165, 1.54) is 23.9 Å². The second kappa shape index (κ2) is 10.4. The van der Waals surface area contributed by atoms with E-state index in [2.05, 4.69) is 28.9 Å². The van der Waals surface area contributed by atoms with Gasteiger partial charge in [0.05, 0.1) is 5.25 Å². The van der Waals surface area contributed by atoms with E-state index in [1.807, 2.05) is 24.3 Å². The number of amides is 1. The highest BCUT2D eigenvalue weighted by Gasteiger charge is 2.22. The molecule has 1 amide bonds. The van der Waals surface area contributed by atoms with E-state index in [9.17, 15) is 9.18 Å². The first kappa shape index (κ1) is 22.8. The van der Waals surface area contributed by atoms with Crippen molar-refractivity contribution in [2.75, 3.05) is 25.0 Å². The maximum Gasteiger partial charge on any atom is 0.277 e. The van der Waals surface area contributed by atoms with E-state index in [0.29, 0.717) is 17.7 Å². The lowest BCUT2D eigenvalue weighted by Gasteiger charge is -2.20. The maximum absolute atomic E-state index is 13.4. The van der Waals surface area contributed by atoms with Gasteiger partial charge in [-0.3, -0.25) is 4.79 Å². The molecule has 1 unspecified atom stereocenters. The summed E-state index contributed by atoms with van der Waals surface area (Å²) in [7, 11) is 1.70. The molecule has 1 aromatic heterocycles. The van der Waals surface area contributed by atoms with Gasteiger partial charge in [0.15, 0.2) is 0 Å². The van der Waals surface area contributed by atoms with Crippen molar-refractivity contribution in [2.45, 2.75) is 37.8 Å². The molecule has 1 atom stereocenters. The number of aromatic nitrogens is 2. The van der Waals surface area contributed by atoms with Crippen LogP contribution in [0.2, 0.25) is 0 Å². The minimum absolute atomic E-state index is 0.0995. The molecule has 2 aromatic carbocycles. The van der Waals surface area contributed by atoms with Crippen LogP contribution >= 0.6 is 11.8 Å². The second-order valence-electron chi connectivity index (χ2n) is 7.18. The summed E-state index contributed by atoms with van der Waals surface area (Å²) in [5, 5.41) is 8.11. The molecule has 0 saturated carbocycles. The first-order valence-corrected chi connectivity index (χ1v) is 11.1. The zero-order valence-corrected chi connectivity index (χ0v) is 19.0. The van der Waals surface area contributed by atoms with Crippen LogP contribution in [0.25, 0.3) is 11.5 Å². The highest BCUT2D eigenvalue weighted by atomic mass is 32.2. The van der Waals surface area contributed by atoms with E-state index >= 15 is 0 Å². The summed E-state index contributed by atoms with van der Waals surface area (Å²) in [6, 6.07) is 14.2. The Hall–Kier alpha value is -2.87. The van der Waals surface area contributed by atoms with Crippen molar-refractivity contribution in [1.82, 2.24) is 15.1 Å². The van der Waals surface area contributed by atoms with Crippen molar-refractivity contribution in [3.8, 4) is 11.5 Å². The molecule has 0 spiro atoms. The van der Waals surface area contributed by atoms with Crippen LogP contribution in [0.5, 0.6) is 0 Å². The van der Waals surface area contributed by atoms with Gasteiger partial charge in [0.2, 0.25) is 11.8 Å². The molecule has 3 rings (SSSR count). The third-order valence-corrected chi connectivity index (χ3v) is 5.88. The predicted octanol–water partition coefficient (Wildman–Crippen LogP) is 4.86. The molecule has 0 saturated heterocycles. The monoisotopic (exact) mass is 442 g/mol. The SMILES string of the molecule is CCN(CC)c1ccc(-c2nnc(SC(C)C(=O)N(C)Cc3cccc(F)c3)o2)cc1. The van der Waals surface area contributed by atoms with Crippen LogP contribution < -0.4 is 4.90 Å². The molecule has 3 aromatic rings. The summed E-state index contributed by atoms with van der Waals surface area (Å²) in [4.78, 5) is 16.5. The highest BCUT2D eigenvalue weighted by Crippen LogP contribution is 2.28. The predicted molar refractivity (Wildman–Crippen MR) is 121 cm³/mol. The number of carbonyl (C=O) groups is 1. The molecule has 0 aliphatic heterocycles. The van der Waals surface area contributed by atoms with E-state index in [1.54, 1.807) is 31.0 Å². The fraction of sp³-hybridized carbons (Fsp3) is 0.348. The summed E-state index contributed by atoms with van der Waals surface area (Å²) >= 11 is 1.21. The fourth-order valence-corrected chi connectivity index (χ4v) is 4.07. The summed E-state index contributed by atoms with van der Waals surface area (Å²) in [5.74, 6) is 0.00300. The van der Waals surface area contributed by atoms with Gasteiger partial charge < -0.3 is 14.2 Å². The summed E-state index contributed by atoms with van der Waals surface area (Å²) < 4.78 is 19.1. The third-order valence-electron chi connectivity index (χ3n) is 4.96. The van der Waals surface area contributed by atoms with E-state index in [4.69, 9.17) is 4.42 Å². The normalized spacial score (nSPS) is 11.9. The molecule has 6 nitrogen and oxygen atoms in total. The Morgan fingerprint density at radius 2 is 1.84 bits per heavy atom. The molecule has 0 fully saturated rings. The first-order chi connectivity index (χ1) is 14.9. The Morgan fingerprint density at radius 1 is 1.13 bits per heavy atom. The maximum atomic E-state index is 13.4. The van der Waals surface area contributed by atoms with Crippen LogP contribution in [-0.2, 0) is 11.3 Å². The molecular formula is C23H27FN4O2S. The molecule has 1 heterocycles. The fourth-order valence-electron chi connectivity index (χ4n) is 3.28. The lowest BCUT2D eigenvalue weighted by molar-refractivity contribution is -0.129. The minimum atomic E-state index is -0.420. The molecule has 31 heavy (non-hydrogen) atoms. The average Bonchev–Trinajstić information content (AvgIpc) is 3.23. The van der Waals surface area contributed by atoms with Gasteiger partial charge >= 0.3 is 0 Å². The molecule has 0 N–H and O–H groups in total. The number of nitrogens with zero attached hydrogens (tertiary/aromatic N) is 4. The number of rotatable bonds is 9. The molecule has 0 aliphatic carbocycles. The van der Waals surface area contributed by atoms with Crippen molar-refractivity contribution in [2.24, 2.45) is 0 Å². The average molecular weight is 443 g/mol.